The fourth-order valence-electron chi connectivity index (χ4n) is 1.88. The largest absolute Gasteiger partial charge is 0.314 e. The summed E-state index contributed by atoms with van der Waals surface area (Å²) in [5.74, 6) is -0.317. The van der Waals surface area contributed by atoms with Crippen molar-refractivity contribution in [3.63, 3.8) is 0 Å². The van der Waals surface area contributed by atoms with E-state index in [2.05, 4.69) is 5.32 Å². The molecule has 1 aromatic rings. The molecule has 1 heterocycles. The van der Waals surface area contributed by atoms with Gasteiger partial charge in [-0.15, -0.1) is 0 Å². The number of halogens is 2. The average Bonchev–Trinajstić information content (AvgIpc) is 2.64. The second-order valence-electron chi connectivity index (χ2n) is 3.75. The molecule has 1 aromatic carbocycles. The van der Waals surface area contributed by atoms with E-state index < -0.39 is 0 Å². The highest BCUT2D eigenvalue weighted by Gasteiger charge is 2.14. The zero-order valence-corrected chi connectivity index (χ0v) is 8.65. The van der Waals surface area contributed by atoms with Crippen LogP contribution in [0, 0.1) is 5.82 Å². The van der Waals surface area contributed by atoms with Crippen LogP contribution in [-0.4, -0.2) is 12.6 Å². The maximum absolute atomic E-state index is 13.1. The SMILES string of the molecule is Fc1cc(C[C@@H]2CCCN2)ccc1Cl. The Morgan fingerprint density at radius 2 is 2.36 bits per heavy atom. The predicted octanol–water partition coefficient (Wildman–Crippen LogP) is 2.77. The molecule has 0 bridgehead atoms. The Labute approximate surface area is 88.3 Å². The minimum Gasteiger partial charge on any atom is -0.314 e. The van der Waals surface area contributed by atoms with E-state index in [1.807, 2.05) is 6.07 Å². The molecule has 1 atom stereocenters. The van der Waals surface area contributed by atoms with Gasteiger partial charge < -0.3 is 5.32 Å². The standard InChI is InChI=1S/C11H13ClFN/c12-10-4-3-8(7-11(10)13)6-9-2-1-5-14-9/h3-4,7,9,14H,1-2,5-6H2/t9-/m0/s1. The summed E-state index contributed by atoms with van der Waals surface area (Å²) in [5, 5.41) is 3.59. The molecule has 14 heavy (non-hydrogen) atoms. The minimum absolute atomic E-state index is 0.202. The lowest BCUT2D eigenvalue weighted by Gasteiger charge is -2.09. The van der Waals surface area contributed by atoms with Gasteiger partial charge in [0.25, 0.3) is 0 Å². The van der Waals surface area contributed by atoms with Crippen molar-refractivity contribution < 1.29 is 4.39 Å². The van der Waals surface area contributed by atoms with E-state index >= 15 is 0 Å². The first-order valence-corrected chi connectivity index (χ1v) is 5.31. The van der Waals surface area contributed by atoms with Crippen LogP contribution < -0.4 is 5.32 Å². The maximum Gasteiger partial charge on any atom is 0.142 e. The number of benzene rings is 1. The monoisotopic (exact) mass is 213 g/mol. The Bertz CT molecular complexity index is 321. The van der Waals surface area contributed by atoms with Crippen LogP contribution in [0.25, 0.3) is 0 Å². The molecule has 1 saturated heterocycles. The number of nitrogens with one attached hydrogen (secondary N) is 1. The third-order valence-corrected chi connectivity index (χ3v) is 2.94. The van der Waals surface area contributed by atoms with Crippen LogP contribution >= 0.6 is 11.6 Å². The van der Waals surface area contributed by atoms with Crippen molar-refractivity contribution in [1.29, 1.82) is 0 Å². The summed E-state index contributed by atoms with van der Waals surface area (Å²) in [5.41, 5.74) is 1.02. The lowest BCUT2D eigenvalue weighted by Crippen LogP contribution is -2.23. The van der Waals surface area contributed by atoms with Gasteiger partial charge >= 0.3 is 0 Å². The summed E-state index contributed by atoms with van der Waals surface area (Å²) in [6, 6.07) is 5.56. The van der Waals surface area contributed by atoms with Gasteiger partial charge in [-0.05, 0) is 43.5 Å². The normalized spacial score (nSPS) is 21.4. The van der Waals surface area contributed by atoms with Gasteiger partial charge in [-0.25, -0.2) is 4.39 Å². The molecule has 0 spiro atoms. The van der Waals surface area contributed by atoms with Gasteiger partial charge in [0.15, 0.2) is 0 Å². The molecular formula is C11H13ClFN. The van der Waals surface area contributed by atoms with Crippen molar-refractivity contribution >= 4 is 11.6 Å². The Hall–Kier alpha value is -0.600. The number of rotatable bonds is 2. The highest BCUT2D eigenvalue weighted by atomic mass is 35.5. The van der Waals surface area contributed by atoms with E-state index in [4.69, 9.17) is 11.6 Å². The van der Waals surface area contributed by atoms with Crippen LogP contribution in [0.5, 0.6) is 0 Å². The highest BCUT2D eigenvalue weighted by Crippen LogP contribution is 2.18. The van der Waals surface area contributed by atoms with E-state index in [0.29, 0.717) is 6.04 Å². The van der Waals surface area contributed by atoms with Crippen molar-refractivity contribution in [3.05, 3.63) is 34.6 Å². The van der Waals surface area contributed by atoms with E-state index in [1.165, 1.54) is 18.9 Å². The summed E-state index contributed by atoms with van der Waals surface area (Å²) in [7, 11) is 0. The Balaban J connectivity index is 2.05. The molecule has 1 fully saturated rings. The van der Waals surface area contributed by atoms with E-state index in [0.717, 1.165) is 18.5 Å². The number of hydrogen-bond acceptors (Lipinski definition) is 1. The average molecular weight is 214 g/mol. The quantitative estimate of drug-likeness (QED) is 0.797. The van der Waals surface area contributed by atoms with Crippen LogP contribution in [0.15, 0.2) is 18.2 Å². The maximum atomic E-state index is 13.1. The first-order chi connectivity index (χ1) is 6.75. The minimum atomic E-state index is -0.317. The smallest absolute Gasteiger partial charge is 0.142 e. The van der Waals surface area contributed by atoms with Crippen molar-refractivity contribution in [3.8, 4) is 0 Å². The summed E-state index contributed by atoms with van der Waals surface area (Å²) < 4.78 is 13.1. The predicted molar refractivity (Wildman–Crippen MR) is 56.1 cm³/mol. The highest BCUT2D eigenvalue weighted by molar-refractivity contribution is 6.30. The Kier molecular flexibility index (Phi) is 3.04. The summed E-state index contributed by atoms with van der Waals surface area (Å²) in [6.07, 6.45) is 3.30. The van der Waals surface area contributed by atoms with Crippen LogP contribution in [0.1, 0.15) is 18.4 Å². The molecule has 2 rings (SSSR count). The topological polar surface area (TPSA) is 12.0 Å². The van der Waals surface area contributed by atoms with Gasteiger partial charge in [-0.2, -0.15) is 0 Å². The van der Waals surface area contributed by atoms with E-state index in [9.17, 15) is 4.39 Å². The van der Waals surface area contributed by atoms with Crippen LogP contribution in [-0.2, 0) is 6.42 Å². The van der Waals surface area contributed by atoms with Gasteiger partial charge in [-0.1, -0.05) is 17.7 Å². The first-order valence-electron chi connectivity index (χ1n) is 4.93. The van der Waals surface area contributed by atoms with Crippen molar-refractivity contribution in [1.82, 2.24) is 5.32 Å². The van der Waals surface area contributed by atoms with Crippen LogP contribution in [0.3, 0.4) is 0 Å². The molecule has 0 unspecified atom stereocenters. The molecular weight excluding hydrogens is 201 g/mol. The van der Waals surface area contributed by atoms with Gasteiger partial charge in [-0.3, -0.25) is 0 Å². The zero-order chi connectivity index (χ0) is 9.97. The zero-order valence-electron chi connectivity index (χ0n) is 7.89. The molecule has 0 aliphatic carbocycles. The fourth-order valence-corrected chi connectivity index (χ4v) is 2.00. The molecule has 76 valence electrons. The Morgan fingerprint density at radius 1 is 1.50 bits per heavy atom. The van der Waals surface area contributed by atoms with Crippen molar-refractivity contribution in [2.75, 3.05) is 6.54 Å². The third kappa shape index (κ3) is 2.25. The lowest BCUT2D eigenvalue weighted by molar-refractivity contribution is 0.593. The van der Waals surface area contributed by atoms with Gasteiger partial charge in [0.2, 0.25) is 0 Å². The Morgan fingerprint density at radius 3 is 3.00 bits per heavy atom. The fraction of sp³-hybridized carbons (Fsp3) is 0.455. The first kappa shape index (κ1) is 9.94. The van der Waals surface area contributed by atoms with E-state index in [-0.39, 0.29) is 10.8 Å². The molecule has 0 radical (unpaired) electrons. The van der Waals surface area contributed by atoms with Crippen molar-refractivity contribution in [2.45, 2.75) is 25.3 Å². The molecule has 3 heteroatoms. The van der Waals surface area contributed by atoms with Gasteiger partial charge in [0.05, 0.1) is 5.02 Å². The molecule has 1 N–H and O–H groups in total. The van der Waals surface area contributed by atoms with Gasteiger partial charge in [0, 0.05) is 6.04 Å². The summed E-state index contributed by atoms with van der Waals surface area (Å²) >= 11 is 5.61. The van der Waals surface area contributed by atoms with Gasteiger partial charge in [0.1, 0.15) is 5.82 Å². The second-order valence-corrected chi connectivity index (χ2v) is 4.15. The second kappa shape index (κ2) is 4.28. The summed E-state index contributed by atoms with van der Waals surface area (Å²) in [4.78, 5) is 0. The van der Waals surface area contributed by atoms with Crippen LogP contribution in [0.4, 0.5) is 4.39 Å². The molecule has 0 saturated carbocycles. The molecule has 0 amide bonds. The van der Waals surface area contributed by atoms with E-state index in [1.54, 1.807) is 6.07 Å². The summed E-state index contributed by atoms with van der Waals surface area (Å²) in [6.45, 7) is 1.08. The number of hydrogen-bond donors (Lipinski definition) is 1. The van der Waals surface area contributed by atoms with Crippen molar-refractivity contribution in [2.24, 2.45) is 0 Å². The molecule has 1 aliphatic rings. The third-order valence-electron chi connectivity index (χ3n) is 2.63. The van der Waals surface area contributed by atoms with Crippen LogP contribution in [0.2, 0.25) is 5.02 Å². The molecule has 1 aliphatic heterocycles. The molecule has 1 nitrogen and oxygen atoms in total. The molecule has 0 aromatic heterocycles. The lowest BCUT2D eigenvalue weighted by atomic mass is 10.0.